The molecule has 0 amide bonds. The van der Waals surface area contributed by atoms with Crippen LogP contribution >= 0.6 is 11.3 Å². The number of nitrogens with zero attached hydrogens (tertiary/aromatic N) is 5. The molecule has 5 nitrogen and oxygen atoms in total. The van der Waals surface area contributed by atoms with Gasteiger partial charge in [0, 0.05) is 61.7 Å². The fourth-order valence-corrected chi connectivity index (χ4v) is 8.71. The molecule has 0 atom stereocenters. The van der Waals surface area contributed by atoms with Crippen molar-refractivity contribution in [2.45, 2.75) is 314 Å². The molecule has 6 rings (SSSR count). The average Bonchev–Trinajstić information content (AvgIpc) is 3.84. The summed E-state index contributed by atoms with van der Waals surface area (Å²) in [6, 6.07) is 30.7. The van der Waals surface area contributed by atoms with Crippen LogP contribution in [0.25, 0.3) is 0 Å². The molecule has 0 saturated heterocycles. The molecule has 464 valence electrons. The predicted molar refractivity (Wildman–Crippen MR) is 370 cm³/mol. The van der Waals surface area contributed by atoms with Crippen molar-refractivity contribution in [3.05, 3.63) is 170 Å². The van der Waals surface area contributed by atoms with Gasteiger partial charge in [-0.05, 0) is 90.1 Å². The Hall–Kier alpha value is -4.55. The van der Waals surface area contributed by atoms with E-state index in [2.05, 4.69) is 365 Å². The van der Waals surface area contributed by atoms with Crippen molar-refractivity contribution in [1.29, 1.82) is 0 Å². The molecular weight excluding hydrogens is 1030 g/mol. The molecular formula is C77H125N5S. The SMILES string of the molecule is CC(C)(C)c1ccc(C(C)(C)C)cc1.CC(C)(C)c1ccc(C(C)(C)C)nc1.CC(C)(C)c1ccc(C(C)(C)C)nc1.CC(C)(C)c1ccc(C(C)(C)C)nn1.CC(C)(C)c1cccc(C(C)(C)C)c1.CC(C)(C)c1csc(C(C)(C)C)n1. The summed E-state index contributed by atoms with van der Waals surface area (Å²) in [7, 11) is 0. The standard InChI is InChI=1S/2C14H22.2C13H21N.C12H20N2.C11H19NS/c1-13(2,3)11-7-9-12(10-8-11)14(4,5)6;1-13(2,3)11-8-7-9-12(10-11)14(4,5)6;2*1-12(2,3)10-7-8-11(14-9-10)13(4,5)6;1-11(2,3)9-7-8-10(14-13-9)12(4,5)6;1-10(2,3)8-7-13-9(12-8)11(4,5)6/h2*7-10H,1-6H3;2*7-9H,1-6H3;7-8H,1-6H3;7H,1-6H3. The van der Waals surface area contributed by atoms with E-state index in [0.29, 0.717) is 0 Å². The molecule has 4 heterocycles. The number of pyridine rings is 2. The topological polar surface area (TPSA) is 64.5 Å². The first-order chi connectivity index (χ1) is 36.8. The van der Waals surface area contributed by atoms with Crippen LogP contribution in [0.5, 0.6) is 0 Å². The molecule has 2 aromatic carbocycles. The maximum Gasteiger partial charge on any atom is 0.0982 e. The summed E-state index contributed by atoms with van der Waals surface area (Å²) in [6.07, 6.45) is 4.00. The Bertz CT molecular complexity index is 2350. The second kappa shape index (κ2) is 28.3. The molecule has 4 aromatic heterocycles. The Kier molecular flexibility index (Phi) is 26.1. The molecule has 6 aromatic rings. The summed E-state index contributed by atoms with van der Waals surface area (Å²) in [5.41, 5.74) is 16.1. The molecule has 0 bridgehead atoms. The van der Waals surface area contributed by atoms with Crippen molar-refractivity contribution in [1.82, 2.24) is 25.1 Å². The largest absolute Gasteiger partial charge is 0.260 e. The highest BCUT2D eigenvalue weighted by molar-refractivity contribution is 7.09. The van der Waals surface area contributed by atoms with Gasteiger partial charge in [0.15, 0.2) is 0 Å². The van der Waals surface area contributed by atoms with Gasteiger partial charge in [-0.2, -0.15) is 10.2 Å². The van der Waals surface area contributed by atoms with Gasteiger partial charge >= 0.3 is 0 Å². The van der Waals surface area contributed by atoms with E-state index < -0.39 is 0 Å². The minimum Gasteiger partial charge on any atom is -0.260 e. The van der Waals surface area contributed by atoms with Crippen LogP contribution in [0.1, 0.15) is 316 Å². The summed E-state index contributed by atoms with van der Waals surface area (Å²) in [5.74, 6) is 0. The van der Waals surface area contributed by atoms with E-state index in [1.165, 1.54) is 44.1 Å². The fraction of sp³-hybridized carbons (Fsp3) is 0.623. The molecule has 0 radical (unpaired) electrons. The van der Waals surface area contributed by atoms with Crippen LogP contribution in [-0.4, -0.2) is 25.1 Å². The molecule has 0 aliphatic carbocycles. The lowest BCUT2D eigenvalue weighted by atomic mass is 9.81. The van der Waals surface area contributed by atoms with Crippen molar-refractivity contribution in [2.75, 3.05) is 0 Å². The maximum absolute atomic E-state index is 4.67. The van der Waals surface area contributed by atoms with Crippen molar-refractivity contribution >= 4 is 11.3 Å². The summed E-state index contributed by atoms with van der Waals surface area (Å²) >= 11 is 1.77. The van der Waals surface area contributed by atoms with E-state index in [4.69, 9.17) is 0 Å². The summed E-state index contributed by atoms with van der Waals surface area (Å²) in [5, 5.41) is 11.9. The molecule has 83 heavy (non-hydrogen) atoms. The predicted octanol–water partition coefficient (Wildman–Crippen LogP) is 22.7. The van der Waals surface area contributed by atoms with Gasteiger partial charge in [-0.15, -0.1) is 11.3 Å². The monoisotopic (exact) mass is 1150 g/mol. The Labute approximate surface area is 517 Å². The van der Waals surface area contributed by atoms with Gasteiger partial charge in [0.1, 0.15) is 0 Å². The molecule has 0 unspecified atom stereocenters. The zero-order valence-electron chi connectivity index (χ0n) is 60.5. The van der Waals surface area contributed by atoms with E-state index in [0.717, 1.165) is 22.8 Å². The van der Waals surface area contributed by atoms with Crippen molar-refractivity contribution < 1.29 is 0 Å². The number of hydrogen-bond donors (Lipinski definition) is 0. The average molecular weight is 1150 g/mol. The zero-order chi connectivity index (χ0) is 65.2. The molecule has 0 N–H and O–H groups in total. The van der Waals surface area contributed by atoms with E-state index >= 15 is 0 Å². The van der Waals surface area contributed by atoms with Gasteiger partial charge in [0.2, 0.25) is 0 Å². The van der Waals surface area contributed by atoms with Crippen LogP contribution in [0, 0.1) is 0 Å². The van der Waals surface area contributed by atoms with E-state index in [9.17, 15) is 0 Å². The van der Waals surface area contributed by atoms with Crippen LogP contribution in [-0.2, 0) is 65.0 Å². The summed E-state index contributed by atoms with van der Waals surface area (Å²) in [4.78, 5) is 13.7. The molecule has 6 heteroatoms. The third-order valence-corrected chi connectivity index (χ3v) is 15.4. The van der Waals surface area contributed by atoms with Crippen LogP contribution in [0.3, 0.4) is 0 Å². The van der Waals surface area contributed by atoms with Crippen LogP contribution in [0.2, 0.25) is 0 Å². The maximum atomic E-state index is 4.67. The minimum absolute atomic E-state index is 0.0867. The third kappa shape index (κ3) is 27.6. The highest BCUT2D eigenvalue weighted by atomic mass is 32.1. The van der Waals surface area contributed by atoms with Crippen molar-refractivity contribution in [3.63, 3.8) is 0 Å². The van der Waals surface area contributed by atoms with Crippen molar-refractivity contribution in [2.24, 2.45) is 0 Å². The quantitative estimate of drug-likeness (QED) is 0.152. The van der Waals surface area contributed by atoms with Crippen LogP contribution in [0.4, 0.5) is 0 Å². The molecule has 0 fully saturated rings. The zero-order valence-corrected chi connectivity index (χ0v) is 61.3. The lowest BCUT2D eigenvalue weighted by Gasteiger charge is -2.24. The minimum atomic E-state index is 0.0867. The number of benzene rings is 2. The van der Waals surface area contributed by atoms with Gasteiger partial charge < -0.3 is 0 Å². The van der Waals surface area contributed by atoms with Gasteiger partial charge in [-0.1, -0.05) is 310 Å². The first-order valence-corrected chi connectivity index (χ1v) is 31.6. The second-order valence-electron chi connectivity index (χ2n) is 35.4. The molecule has 0 spiro atoms. The van der Waals surface area contributed by atoms with Crippen molar-refractivity contribution in [3.8, 4) is 0 Å². The smallest absolute Gasteiger partial charge is 0.0982 e. The van der Waals surface area contributed by atoms with E-state index in [1.54, 1.807) is 11.3 Å². The number of aromatic nitrogens is 5. The number of thiazole rings is 1. The lowest BCUT2D eigenvalue weighted by molar-refractivity contribution is 0.527. The first-order valence-electron chi connectivity index (χ1n) is 30.7. The normalized spacial score (nSPS) is 13.1. The third-order valence-electron chi connectivity index (χ3n) is 14.1. The number of rotatable bonds is 0. The van der Waals surface area contributed by atoms with Gasteiger partial charge in [0.25, 0.3) is 0 Å². The molecule has 0 aliphatic rings. The molecule has 0 saturated carbocycles. The fourth-order valence-electron chi connectivity index (χ4n) is 7.58. The Morgan fingerprint density at radius 3 is 0.675 bits per heavy atom. The lowest BCUT2D eigenvalue weighted by Crippen LogP contribution is -2.18. The van der Waals surface area contributed by atoms with Gasteiger partial charge in [-0.25, -0.2) is 4.98 Å². The van der Waals surface area contributed by atoms with E-state index in [-0.39, 0.29) is 65.0 Å². The van der Waals surface area contributed by atoms with Gasteiger partial charge in [-0.3, -0.25) is 9.97 Å². The highest BCUT2D eigenvalue weighted by Gasteiger charge is 2.25. The van der Waals surface area contributed by atoms with Gasteiger partial charge in [0.05, 0.1) is 22.1 Å². The first kappa shape index (κ1) is 76.5. The van der Waals surface area contributed by atoms with E-state index in [1.807, 2.05) is 12.4 Å². The molecule has 0 aliphatic heterocycles. The van der Waals surface area contributed by atoms with Crippen LogP contribution < -0.4 is 0 Å². The Balaban J connectivity index is 0.000000498. The summed E-state index contributed by atoms with van der Waals surface area (Å²) < 4.78 is 0. The Morgan fingerprint density at radius 1 is 0.241 bits per heavy atom. The number of hydrogen-bond acceptors (Lipinski definition) is 6. The second-order valence-corrected chi connectivity index (χ2v) is 36.2. The summed E-state index contributed by atoms with van der Waals surface area (Å²) in [6.45, 7) is 79.5. The highest BCUT2D eigenvalue weighted by Crippen LogP contribution is 2.33. The Morgan fingerprint density at radius 2 is 0.494 bits per heavy atom. The van der Waals surface area contributed by atoms with Crippen LogP contribution in [0.15, 0.2) is 103 Å².